The Morgan fingerprint density at radius 2 is 1.70 bits per heavy atom. The van der Waals surface area contributed by atoms with Crippen molar-refractivity contribution < 1.29 is 14.3 Å². The number of aryl methyl sites for hydroxylation is 1. The molecular weight excluding hydrogens is 414 g/mol. The van der Waals surface area contributed by atoms with E-state index < -0.39 is 0 Å². The van der Waals surface area contributed by atoms with E-state index >= 15 is 0 Å². The topological polar surface area (TPSA) is 62.2 Å². The van der Waals surface area contributed by atoms with Crippen LogP contribution in [0.5, 0.6) is 0 Å². The van der Waals surface area contributed by atoms with E-state index in [1.54, 1.807) is 22.0 Å². The summed E-state index contributed by atoms with van der Waals surface area (Å²) >= 11 is 0. The number of urea groups is 1. The quantitative estimate of drug-likeness (QED) is 0.555. The van der Waals surface area contributed by atoms with E-state index in [1.165, 1.54) is 19.3 Å². The van der Waals surface area contributed by atoms with Crippen molar-refractivity contribution in [3.05, 3.63) is 59.2 Å². The minimum atomic E-state index is -0.140. The highest BCUT2D eigenvalue weighted by Gasteiger charge is 2.37. The van der Waals surface area contributed by atoms with Gasteiger partial charge in [-0.3, -0.25) is 9.69 Å². The fourth-order valence-electron chi connectivity index (χ4n) is 5.26. The van der Waals surface area contributed by atoms with Crippen LogP contribution in [0.1, 0.15) is 66.4 Å². The van der Waals surface area contributed by atoms with Crippen molar-refractivity contribution in [2.75, 3.05) is 18.1 Å². The van der Waals surface area contributed by atoms with Crippen LogP contribution >= 0.6 is 0 Å². The molecule has 6 nitrogen and oxygen atoms in total. The molecule has 1 saturated carbocycles. The number of nitrogens with zero attached hydrogens (tertiary/aromatic N) is 3. The molecule has 0 aromatic heterocycles. The number of hydrogen-bond acceptors (Lipinski definition) is 4. The average molecular weight is 446 g/mol. The Morgan fingerprint density at radius 3 is 2.39 bits per heavy atom. The number of hydrogen-bond donors (Lipinski definition) is 0. The first kappa shape index (κ1) is 21.8. The lowest BCUT2D eigenvalue weighted by molar-refractivity contribution is 0.0480. The Labute approximate surface area is 195 Å². The third-order valence-electron chi connectivity index (χ3n) is 7.09. The molecule has 3 aliphatic rings. The van der Waals surface area contributed by atoms with Crippen LogP contribution in [0.15, 0.2) is 47.6 Å². The molecule has 0 bridgehead atoms. The van der Waals surface area contributed by atoms with Crippen LogP contribution in [0.25, 0.3) is 0 Å². The van der Waals surface area contributed by atoms with E-state index in [1.807, 2.05) is 12.1 Å². The van der Waals surface area contributed by atoms with Crippen molar-refractivity contribution in [3.8, 4) is 0 Å². The van der Waals surface area contributed by atoms with Crippen molar-refractivity contribution in [1.82, 2.24) is 5.01 Å². The molecule has 1 aliphatic carbocycles. The molecule has 33 heavy (non-hydrogen) atoms. The van der Waals surface area contributed by atoms with Gasteiger partial charge in [0.25, 0.3) is 0 Å². The first-order valence-electron chi connectivity index (χ1n) is 12.1. The van der Waals surface area contributed by atoms with Gasteiger partial charge in [-0.15, -0.1) is 0 Å². The van der Waals surface area contributed by atoms with Crippen molar-refractivity contribution in [1.29, 1.82) is 0 Å². The molecule has 2 fully saturated rings. The fraction of sp³-hybridized carbons (Fsp3) is 0.444. The molecule has 2 aliphatic heterocycles. The second kappa shape index (κ2) is 9.48. The maximum atomic E-state index is 14.1. The molecule has 1 saturated heterocycles. The van der Waals surface area contributed by atoms with Crippen LogP contribution in [0.2, 0.25) is 0 Å². The van der Waals surface area contributed by atoms with Crippen molar-refractivity contribution in [2.24, 2.45) is 11.0 Å². The van der Waals surface area contributed by atoms with Gasteiger partial charge in [-0.25, -0.2) is 9.80 Å². The average Bonchev–Trinajstić information content (AvgIpc) is 2.99. The van der Waals surface area contributed by atoms with E-state index in [0.29, 0.717) is 24.7 Å². The molecule has 0 radical (unpaired) electrons. The number of carbonyl (C=O) groups excluding carboxylic acids is 2. The first-order valence-corrected chi connectivity index (χ1v) is 12.1. The molecule has 0 N–H and O–H groups in total. The summed E-state index contributed by atoms with van der Waals surface area (Å²) in [6.07, 6.45) is 8.26. The Balaban J connectivity index is 1.67. The maximum absolute atomic E-state index is 14.1. The van der Waals surface area contributed by atoms with E-state index in [-0.39, 0.29) is 12.1 Å². The van der Waals surface area contributed by atoms with E-state index in [4.69, 9.17) is 9.84 Å². The second-order valence-electron chi connectivity index (χ2n) is 9.36. The van der Waals surface area contributed by atoms with Gasteiger partial charge >= 0.3 is 6.03 Å². The summed E-state index contributed by atoms with van der Waals surface area (Å²) < 4.78 is 5.58. The SMILES string of the molecule is Cc1ccc2c(c1)N(c1ccc(C=O)cc1)C(=O)N(C1CCOCC1)N=C2C1CCCCC1. The van der Waals surface area contributed by atoms with Crippen LogP contribution in [-0.2, 0) is 4.74 Å². The molecular formula is C27H31N3O3. The van der Waals surface area contributed by atoms with Crippen molar-refractivity contribution >= 4 is 29.4 Å². The van der Waals surface area contributed by atoms with Gasteiger partial charge in [0.15, 0.2) is 0 Å². The summed E-state index contributed by atoms with van der Waals surface area (Å²) in [6.45, 7) is 3.34. The zero-order valence-corrected chi connectivity index (χ0v) is 19.2. The Morgan fingerprint density at radius 1 is 0.970 bits per heavy atom. The number of anilines is 2. The van der Waals surface area contributed by atoms with Crippen molar-refractivity contribution in [2.45, 2.75) is 57.9 Å². The van der Waals surface area contributed by atoms with Gasteiger partial charge in [0.05, 0.1) is 23.1 Å². The molecule has 2 aromatic carbocycles. The summed E-state index contributed by atoms with van der Waals surface area (Å²) in [5, 5.41) is 6.86. The predicted octanol–water partition coefficient (Wildman–Crippen LogP) is 5.84. The van der Waals surface area contributed by atoms with E-state index in [9.17, 15) is 9.59 Å². The van der Waals surface area contributed by atoms with E-state index in [0.717, 1.165) is 60.2 Å². The Kier molecular flexibility index (Phi) is 6.27. The number of fused-ring (bicyclic) bond motifs is 1. The van der Waals surface area contributed by atoms with Crippen LogP contribution in [-0.4, -0.2) is 42.3 Å². The monoisotopic (exact) mass is 445 g/mol. The molecule has 0 unspecified atom stereocenters. The minimum Gasteiger partial charge on any atom is -0.381 e. The molecule has 6 heteroatoms. The van der Waals surface area contributed by atoms with Crippen molar-refractivity contribution in [3.63, 3.8) is 0 Å². The minimum absolute atomic E-state index is 0.0111. The van der Waals surface area contributed by atoms with Gasteiger partial charge in [-0.1, -0.05) is 31.4 Å². The first-order chi connectivity index (χ1) is 16.2. The summed E-state index contributed by atoms with van der Waals surface area (Å²) in [6, 6.07) is 13.4. The number of hydrazone groups is 1. The lowest BCUT2D eigenvalue weighted by atomic mass is 9.82. The lowest BCUT2D eigenvalue weighted by Gasteiger charge is -2.33. The van der Waals surface area contributed by atoms with E-state index in [2.05, 4.69) is 25.1 Å². The Hall–Kier alpha value is -2.99. The van der Waals surface area contributed by atoms with Crippen LogP contribution in [0.3, 0.4) is 0 Å². The summed E-state index contributed by atoms with van der Waals surface area (Å²) in [4.78, 5) is 27.1. The fourth-order valence-corrected chi connectivity index (χ4v) is 5.26. The number of aldehydes is 1. The summed E-state index contributed by atoms with van der Waals surface area (Å²) in [7, 11) is 0. The van der Waals surface area contributed by atoms with Gasteiger partial charge in [0.2, 0.25) is 0 Å². The number of rotatable bonds is 4. The van der Waals surface area contributed by atoms with Gasteiger partial charge in [-0.2, -0.15) is 5.10 Å². The van der Waals surface area contributed by atoms with Crippen LogP contribution in [0.4, 0.5) is 16.2 Å². The molecule has 0 atom stereocenters. The zero-order chi connectivity index (χ0) is 22.8. The summed E-state index contributed by atoms with van der Waals surface area (Å²) in [5.74, 6) is 0.354. The predicted molar refractivity (Wildman–Crippen MR) is 129 cm³/mol. The summed E-state index contributed by atoms with van der Waals surface area (Å²) in [5.41, 5.74) is 5.38. The number of carbonyl (C=O) groups is 2. The largest absolute Gasteiger partial charge is 0.381 e. The molecule has 2 amide bonds. The van der Waals surface area contributed by atoms with Gasteiger partial charge in [0.1, 0.15) is 6.29 Å². The van der Waals surface area contributed by atoms with Gasteiger partial charge in [-0.05, 0) is 68.5 Å². The van der Waals surface area contributed by atoms with Gasteiger partial charge < -0.3 is 4.74 Å². The van der Waals surface area contributed by atoms with Crippen LogP contribution in [0, 0.1) is 12.8 Å². The highest BCUT2D eigenvalue weighted by atomic mass is 16.5. The highest BCUT2D eigenvalue weighted by molar-refractivity contribution is 6.14. The third kappa shape index (κ3) is 4.32. The molecule has 172 valence electrons. The molecule has 5 rings (SSSR count). The normalized spacial score (nSPS) is 20.3. The molecule has 0 spiro atoms. The number of benzene rings is 2. The highest BCUT2D eigenvalue weighted by Crippen LogP contribution is 2.39. The zero-order valence-electron chi connectivity index (χ0n) is 19.2. The van der Waals surface area contributed by atoms with Gasteiger partial charge in [0, 0.05) is 30.3 Å². The molecule has 2 aromatic rings. The number of amides is 2. The molecule has 2 heterocycles. The Bertz CT molecular complexity index is 1050. The number of ether oxygens (including phenoxy) is 1. The lowest BCUT2D eigenvalue weighted by Crippen LogP contribution is -2.45. The van der Waals surface area contributed by atoms with Crippen LogP contribution < -0.4 is 4.90 Å². The second-order valence-corrected chi connectivity index (χ2v) is 9.36. The maximum Gasteiger partial charge on any atom is 0.349 e. The standard InChI is InChI=1S/C27H31N3O3/c1-19-7-12-24-25(17-19)29(22-10-8-20(18-31)9-11-22)27(32)30(23-13-15-33-16-14-23)28-26(24)21-5-3-2-4-6-21/h7-12,17-18,21,23H,2-6,13-16H2,1H3. The smallest absolute Gasteiger partial charge is 0.349 e. The third-order valence-corrected chi connectivity index (χ3v) is 7.09.